The number of nitrogens with one attached hydrogen (secondary N) is 1. The molecule has 0 radical (unpaired) electrons. The van der Waals surface area contributed by atoms with Crippen LogP contribution in [0.25, 0.3) is 0 Å². The van der Waals surface area contributed by atoms with E-state index >= 15 is 0 Å². The molecule has 4 atom stereocenters. The lowest BCUT2D eigenvalue weighted by Gasteiger charge is -2.43. The van der Waals surface area contributed by atoms with Gasteiger partial charge in [-0.25, -0.2) is 5.01 Å². The summed E-state index contributed by atoms with van der Waals surface area (Å²) in [5, 5.41) is 10.1. The van der Waals surface area contributed by atoms with E-state index in [9.17, 15) is 4.79 Å². The van der Waals surface area contributed by atoms with Crippen molar-refractivity contribution >= 4 is 29.1 Å². The van der Waals surface area contributed by atoms with Crippen LogP contribution in [0.4, 0.5) is 0 Å². The number of nitrogens with zero attached hydrogens (tertiary/aromatic N) is 3. The van der Waals surface area contributed by atoms with Crippen LogP contribution in [0.2, 0.25) is 10.0 Å². The van der Waals surface area contributed by atoms with Gasteiger partial charge < -0.3 is 10.1 Å². The molecule has 2 saturated heterocycles. The molecule has 0 aliphatic carbocycles. The summed E-state index contributed by atoms with van der Waals surface area (Å²) in [5.41, 5.74) is 2.73. The summed E-state index contributed by atoms with van der Waals surface area (Å²) < 4.78 is 5.73. The Morgan fingerprint density at radius 1 is 1.04 bits per heavy atom. The van der Waals surface area contributed by atoms with Gasteiger partial charge in [-0.05, 0) is 17.2 Å². The van der Waals surface area contributed by atoms with Gasteiger partial charge in [-0.3, -0.25) is 4.79 Å². The number of benzene rings is 2. The summed E-state index contributed by atoms with van der Waals surface area (Å²) in [4.78, 5) is 12.5. The highest BCUT2D eigenvalue weighted by molar-refractivity contribution is 6.42. The van der Waals surface area contributed by atoms with Crippen molar-refractivity contribution in [1.82, 2.24) is 20.5 Å². The van der Waals surface area contributed by atoms with Crippen molar-refractivity contribution < 1.29 is 9.53 Å². The molecular formula is C19H16Cl2N4O2. The van der Waals surface area contributed by atoms with Crippen LogP contribution < -0.4 is 5.32 Å². The zero-order valence-electron chi connectivity index (χ0n) is 14.2. The fourth-order valence-electron chi connectivity index (χ4n) is 3.52. The average molecular weight is 403 g/mol. The van der Waals surface area contributed by atoms with Crippen molar-refractivity contribution in [2.75, 3.05) is 6.61 Å². The fourth-order valence-corrected chi connectivity index (χ4v) is 3.90. The second kappa shape index (κ2) is 6.51. The van der Waals surface area contributed by atoms with Crippen molar-refractivity contribution in [3.8, 4) is 0 Å². The minimum absolute atomic E-state index is 0.0483. The SMILES string of the molecule is O=C1C=C(COCc2cccc(Cl)c2Cl)NC2N1N1C(c3ccccc3)N21. The number of hydrogen-bond acceptors (Lipinski definition) is 5. The van der Waals surface area contributed by atoms with E-state index in [4.69, 9.17) is 27.9 Å². The van der Waals surface area contributed by atoms with Gasteiger partial charge in [0.1, 0.15) is 6.17 Å². The Hall–Kier alpha value is -2.09. The first-order valence-electron chi connectivity index (χ1n) is 8.58. The number of fused-ring (bicyclic) bond motifs is 4. The molecule has 2 aromatic carbocycles. The highest BCUT2D eigenvalue weighted by Gasteiger charge is 2.68. The molecule has 3 aliphatic rings. The number of carbonyl (C=O) groups excluding carboxylic acids is 1. The molecule has 3 aliphatic heterocycles. The van der Waals surface area contributed by atoms with Crippen LogP contribution in [0, 0.1) is 0 Å². The highest BCUT2D eigenvalue weighted by atomic mass is 35.5. The molecule has 2 aromatic rings. The van der Waals surface area contributed by atoms with Gasteiger partial charge in [0.15, 0.2) is 6.29 Å². The number of hydrazine groups is 2. The maximum absolute atomic E-state index is 12.5. The van der Waals surface area contributed by atoms with Gasteiger partial charge in [-0.2, -0.15) is 5.01 Å². The van der Waals surface area contributed by atoms with Crippen molar-refractivity contribution in [1.29, 1.82) is 0 Å². The molecule has 0 spiro atoms. The number of halogens is 2. The fraction of sp³-hybridized carbons (Fsp3) is 0.211. The molecular weight excluding hydrogens is 387 g/mol. The predicted molar refractivity (Wildman–Crippen MR) is 101 cm³/mol. The largest absolute Gasteiger partial charge is 0.371 e. The summed E-state index contributed by atoms with van der Waals surface area (Å²) in [7, 11) is 0. The van der Waals surface area contributed by atoms with Crippen molar-refractivity contribution in [2.24, 2.45) is 0 Å². The topological polar surface area (TPSA) is 47.6 Å². The maximum Gasteiger partial charge on any atom is 0.266 e. The van der Waals surface area contributed by atoms with Gasteiger partial charge in [0.25, 0.3) is 5.91 Å². The Balaban J connectivity index is 1.21. The lowest BCUT2D eigenvalue weighted by molar-refractivity contribution is -0.200. The number of rotatable bonds is 5. The Bertz CT molecular complexity index is 937. The maximum atomic E-state index is 12.5. The number of hydrogen-bond donors (Lipinski definition) is 1. The minimum Gasteiger partial charge on any atom is -0.371 e. The third kappa shape index (κ3) is 2.81. The molecule has 3 heterocycles. The first-order chi connectivity index (χ1) is 13.1. The molecule has 1 N–H and O–H groups in total. The van der Waals surface area contributed by atoms with Crippen LogP contribution in [-0.4, -0.2) is 33.9 Å². The lowest BCUT2D eigenvalue weighted by atomic mass is 10.2. The van der Waals surface area contributed by atoms with E-state index in [1.54, 1.807) is 17.2 Å². The Morgan fingerprint density at radius 3 is 2.67 bits per heavy atom. The molecule has 27 heavy (non-hydrogen) atoms. The van der Waals surface area contributed by atoms with E-state index < -0.39 is 0 Å². The third-order valence-electron chi connectivity index (χ3n) is 4.84. The van der Waals surface area contributed by atoms with E-state index in [-0.39, 0.29) is 18.4 Å². The second-order valence-corrected chi connectivity index (χ2v) is 7.35. The molecule has 4 unspecified atom stereocenters. The Labute approximate surface area is 166 Å². The van der Waals surface area contributed by atoms with Gasteiger partial charge >= 0.3 is 0 Å². The normalized spacial score (nSPS) is 27.9. The molecule has 0 bridgehead atoms. The summed E-state index contributed by atoms with van der Waals surface area (Å²) in [6.07, 6.45) is 1.51. The van der Waals surface area contributed by atoms with Gasteiger partial charge in [0.2, 0.25) is 0 Å². The summed E-state index contributed by atoms with van der Waals surface area (Å²) in [6, 6.07) is 15.6. The average Bonchev–Trinajstić information content (AvgIpc) is 3.32. The van der Waals surface area contributed by atoms with Gasteiger partial charge in [0.05, 0.1) is 23.3 Å². The molecule has 0 saturated carbocycles. The Morgan fingerprint density at radius 2 is 1.85 bits per heavy atom. The van der Waals surface area contributed by atoms with Gasteiger partial charge in [-0.15, -0.1) is 5.12 Å². The summed E-state index contributed by atoms with van der Waals surface area (Å²) in [5.74, 6) is -0.0483. The van der Waals surface area contributed by atoms with Gasteiger partial charge in [0, 0.05) is 11.8 Å². The van der Waals surface area contributed by atoms with Crippen LogP contribution in [0.5, 0.6) is 0 Å². The summed E-state index contributed by atoms with van der Waals surface area (Å²) >= 11 is 12.2. The minimum atomic E-state index is -0.166. The molecule has 1 amide bonds. The second-order valence-electron chi connectivity index (χ2n) is 6.56. The molecule has 8 heteroatoms. The zero-order valence-corrected chi connectivity index (χ0v) is 15.7. The number of ether oxygens (including phenoxy) is 1. The number of amides is 1. The molecule has 6 nitrogen and oxygen atoms in total. The highest BCUT2D eigenvalue weighted by Crippen LogP contribution is 2.53. The molecule has 2 fully saturated rings. The Kier molecular flexibility index (Phi) is 4.11. The molecule has 5 rings (SSSR count). The molecule has 138 valence electrons. The van der Waals surface area contributed by atoms with Gasteiger partial charge in [-0.1, -0.05) is 65.7 Å². The third-order valence-corrected chi connectivity index (χ3v) is 5.69. The van der Waals surface area contributed by atoms with E-state index in [0.717, 1.165) is 16.8 Å². The first kappa shape index (κ1) is 17.0. The van der Waals surface area contributed by atoms with Crippen molar-refractivity contribution in [3.05, 3.63) is 81.5 Å². The standard InChI is InChI=1S/C19H16Cl2N4O2/c20-15-8-4-7-13(17(15)21)10-27-11-14-9-16(26)23-19(22-14)24-18(25(23)24)12-5-2-1-3-6-12/h1-9,18-19,22H,10-11H2. The first-order valence-corrected chi connectivity index (χ1v) is 9.34. The monoisotopic (exact) mass is 402 g/mol. The zero-order chi connectivity index (χ0) is 18.5. The van der Waals surface area contributed by atoms with Crippen molar-refractivity contribution in [2.45, 2.75) is 19.1 Å². The van der Waals surface area contributed by atoms with E-state index in [2.05, 4.69) is 22.5 Å². The van der Waals surface area contributed by atoms with Crippen LogP contribution in [0.3, 0.4) is 0 Å². The van der Waals surface area contributed by atoms with E-state index in [1.165, 1.54) is 0 Å². The summed E-state index contributed by atoms with van der Waals surface area (Å²) in [6.45, 7) is 0.617. The number of carbonyl (C=O) groups is 1. The van der Waals surface area contributed by atoms with E-state index in [0.29, 0.717) is 23.3 Å². The predicted octanol–water partition coefficient (Wildman–Crippen LogP) is 3.27. The smallest absolute Gasteiger partial charge is 0.266 e. The quantitative estimate of drug-likeness (QED) is 0.777. The van der Waals surface area contributed by atoms with E-state index in [1.807, 2.05) is 35.4 Å². The van der Waals surface area contributed by atoms with Crippen LogP contribution in [-0.2, 0) is 16.1 Å². The van der Waals surface area contributed by atoms with Crippen LogP contribution >= 0.6 is 23.2 Å². The van der Waals surface area contributed by atoms with Crippen LogP contribution in [0.1, 0.15) is 17.3 Å². The van der Waals surface area contributed by atoms with Crippen molar-refractivity contribution in [3.63, 3.8) is 0 Å². The lowest BCUT2D eigenvalue weighted by Crippen LogP contribution is -2.66. The van der Waals surface area contributed by atoms with Crippen LogP contribution in [0.15, 0.2) is 60.3 Å². The molecule has 0 aromatic heterocycles.